The normalized spacial score (nSPS) is 16.1. The molecule has 23 heavy (non-hydrogen) atoms. The average Bonchev–Trinajstić information content (AvgIpc) is 2.48. The van der Waals surface area contributed by atoms with Gasteiger partial charge in [-0.05, 0) is 39.6 Å². The monoisotopic (exact) mass is 319 g/mol. The molecule has 0 bridgehead atoms. The Morgan fingerprint density at radius 1 is 1.35 bits per heavy atom. The number of nitrogens with zero attached hydrogens (tertiary/aromatic N) is 2. The van der Waals surface area contributed by atoms with Crippen LogP contribution in [0.15, 0.2) is 24.3 Å². The van der Waals surface area contributed by atoms with E-state index in [0.29, 0.717) is 25.7 Å². The van der Waals surface area contributed by atoms with Crippen LogP contribution >= 0.6 is 0 Å². The summed E-state index contributed by atoms with van der Waals surface area (Å²) < 4.78 is 5.86. The van der Waals surface area contributed by atoms with Gasteiger partial charge in [0.05, 0.1) is 13.1 Å². The molecule has 0 radical (unpaired) electrons. The molecule has 1 aromatic carbocycles. The lowest BCUT2D eigenvalue weighted by molar-refractivity contribution is 0.0439. The third-order valence-electron chi connectivity index (χ3n) is 4.30. The number of likely N-dealkylation sites (N-methyl/N-ethyl adjacent to an activating group) is 1. The largest absolute Gasteiger partial charge is 0.487 e. The van der Waals surface area contributed by atoms with Crippen LogP contribution in [0.1, 0.15) is 25.3 Å². The lowest BCUT2D eigenvalue weighted by Crippen LogP contribution is -2.59. The molecule has 5 nitrogen and oxygen atoms in total. The summed E-state index contributed by atoms with van der Waals surface area (Å²) in [5, 5.41) is 3.03. The summed E-state index contributed by atoms with van der Waals surface area (Å²) in [6, 6.07) is 8.43. The molecule has 1 aliphatic rings. The summed E-state index contributed by atoms with van der Waals surface area (Å²) in [5.74, 6) is 0.872. The summed E-state index contributed by atoms with van der Waals surface area (Å²) in [6.07, 6.45) is 2.31. The predicted molar refractivity (Wildman–Crippen MR) is 92.9 cm³/mol. The molecular formula is C18H29N3O2. The second-order valence-electron chi connectivity index (χ2n) is 6.55. The first kappa shape index (κ1) is 17.6. The van der Waals surface area contributed by atoms with E-state index in [1.807, 2.05) is 24.3 Å². The van der Waals surface area contributed by atoms with Crippen molar-refractivity contribution in [1.82, 2.24) is 15.1 Å². The van der Waals surface area contributed by atoms with Crippen molar-refractivity contribution in [2.75, 3.05) is 33.7 Å². The summed E-state index contributed by atoms with van der Waals surface area (Å²) in [7, 11) is 4.11. The number of carbonyl (C=O) groups is 1. The van der Waals surface area contributed by atoms with Crippen LogP contribution in [-0.2, 0) is 0 Å². The SMILES string of the molecule is CCC[C@@H](CNC(=O)N1CC(Oc2ccc(C)cc2)C1)N(C)C. The van der Waals surface area contributed by atoms with Gasteiger partial charge < -0.3 is 19.9 Å². The Morgan fingerprint density at radius 2 is 2.00 bits per heavy atom. The Morgan fingerprint density at radius 3 is 2.57 bits per heavy atom. The van der Waals surface area contributed by atoms with Gasteiger partial charge in [0.1, 0.15) is 11.9 Å². The second kappa shape index (κ2) is 8.20. The molecule has 0 aliphatic carbocycles. The van der Waals surface area contributed by atoms with Crippen LogP contribution in [0.25, 0.3) is 0 Å². The quantitative estimate of drug-likeness (QED) is 0.840. The number of benzene rings is 1. The first-order valence-corrected chi connectivity index (χ1v) is 8.42. The first-order valence-electron chi connectivity index (χ1n) is 8.42. The van der Waals surface area contributed by atoms with Crippen molar-refractivity contribution < 1.29 is 9.53 Å². The highest BCUT2D eigenvalue weighted by Gasteiger charge is 2.32. The van der Waals surface area contributed by atoms with Crippen molar-refractivity contribution >= 4 is 6.03 Å². The van der Waals surface area contributed by atoms with Crippen molar-refractivity contribution in [3.8, 4) is 5.75 Å². The van der Waals surface area contributed by atoms with Crippen LogP contribution in [0.3, 0.4) is 0 Å². The van der Waals surface area contributed by atoms with E-state index in [2.05, 4.69) is 38.2 Å². The van der Waals surface area contributed by atoms with Crippen molar-refractivity contribution in [2.45, 2.75) is 38.8 Å². The van der Waals surface area contributed by atoms with E-state index >= 15 is 0 Å². The van der Waals surface area contributed by atoms with Gasteiger partial charge in [0, 0.05) is 12.6 Å². The molecule has 1 N–H and O–H groups in total. The molecule has 1 saturated heterocycles. The number of hydrogen-bond donors (Lipinski definition) is 1. The third-order valence-corrected chi connectivity index (χ3v) is 4.30. The number of aryl methyl sites for hydroxylation is 1. The summed E-state index contributed by atoms with van der Waals surface area (Å²) in [4.78, 5) is 16.1. The summed E-state index contributed by atoms with van der Waals surface area (Å²) >= 11 is 0. The van der Waals surface area contributed by atoms with E-state index in [1.54, 1.807) is 4.90 Å². The number of hydrogen-bond acceptors (Lipinski definition) is 3. The molecule has 2 amide bonds. The van der Waals surface area contributed by atoms with E-state index in [1.165, 1.54) is 5.56 Å². The Labute approximate surface area is 139 Å². The highest BCUT2D eigenvalue weighted by molar-refractivity contribution is 5.75. The molecule has 128 valence electrons. The van der Waals surface area contributed by atoms with Crippen LogP contribution < -0.4 is 10.1 Å². The van der Waals surface area contributed by atoms with Gasteiger partial charge in [-0.3, -0.25) is 0 Å². The Bertz CT molecular complexity index is 495. The van der Waals surface area contributed by atoms with Gasteiger partial charge in [0.15, 0.2) is 0 Å². The minimum Gasteiger partial charge on any atom is -0.487 e. The number of nitrogens with one attached hydrogen (secondary N) is 1. The predicted octanol–water partition coefficient (Wildman–Crippen LogP) is 2.50. The molecular weight excluding hydrogens is 290 g/mol. The molecule has 0 spiro atoms. The number of amides is 2. The zero-order valence-electron chi connectivity index (χ0n) is 14.7. The van der Waals surface area contributed by atoms with Gasteiger partial charge in [-0.1, -0.05) is 31.0 Å². The number of ether oxygens (including phenoxy) is 1. The highest BCUT2D eigenvalue weighted by atomic mass is 16.5. The molecule has 1 aromatic rings. The molecule has 1 fully saturated rings. The van der Waals surface area contributed by atoms with Crippen molar-refractivity contribution in [1.29, 1.82) is 0 Å². The minimum absolute atomic E-state index is 0.0108. The van der Waals surface area contributed by atoms with E-state index < -0.39 is 0 Å². The second-order valence-corrected chi connectivity index (χ2v) is 6.55. The maximum atomic E-state index is 12.1. The van der Waals surface area contributed by atoms with Crippen molar-refractivity contribution in [3.05, 3.63) is 29.8 Å². The number of rotatable bonds is 7. The van der Waals surface area contributed by atoms with Crippen molar-refractivity contribution in [3.63, 3.8) is 0 Å². The molecule has 2 rings (SSSR count). The standard InChI is InChI=1S/C18H29N3O2/c1-5-6-15(20(3)4)11-19-18(22)21-12-17(13-21)23-16-9-7-14(2)8-10-16/h7-10,15,17H,5-6,11-13H2,1-4H3,(H,19,22)/t15-/m0/s1. The molecule has 1 aliphatic heterocycles. The average molecular weight is 319 g/mol. The summed E-state index contributed by atoms with van der Waals surface area (Å²) in [5.41, 5.74) is 1.22. The van der Waals surface area contributed by atoms with Gasteiger partial charge in [0.2, 0.25) is 0 Å². The van der Waals surface area contributed by atoms with E-state index in [4.69, 9.17) is 4.74 Å². The fourth-order valence-corrected chi connectivity index (χ4v) is 2.68. The van der Waals surface area contributed by atoms with Crippen LogP contribution in [0.5, 0.6) is 5.75 Å². The molecule has 0 saturated carbocycles. The zero-order valence-corrected chi connectivity index (χ0v) is 14.7. The van der Waals surface area contributed by atoms with E-state index in [0.717, 1.165) is 18.6 Å². The third kappa shape index (κ3) is 5.13. The van der Waals surface area contributed by atoms with Gasteiger partial charge in [-0.25, -0.2) is 4.79 Å². The van der Waals surface area contributed by atoms with Crippen LogP contribution in [-0.4, -0.2) is 61.7 Å². The zero-order chi connectivity index (χ0) is 16.8. The maximum absolute atomic E-state index is 12.1. The molecule has 1 atom stereocenters. The van der Waals surface area contributed by atoms with E-state index in [-0.39, 0.29) is 12.1 Å². The van der Waals surface area contributed by atoms with Crippen LogP contribution in [0.2, 0.25) is 0 Å². The van der Waals surface area contributed by atoms with Gasteiger partial charge >= 0.3 is 6.03 Å². The Hall–Kier alpha value is -1.75. The molecule has 1 heterocycles. The van der Waals surface area contributed by atoms with E-state index in [9.17, 15) is 4.79 Å². The Balaban J connectivity index is 1.69. The molecule has 0 aromatic heterocycles. The molecule has 5 heteroatoms. The molecule has 0 unspecified atom stereocenters. The van der Waals surface area contributed by atoms with Crippen LogP contribution in [0, 0.1) is 6.92 Å². The van der Waals surface area contributed by atoms with Gasteiger partial charge in [-0.15, -0.1) is 0 Å². The minimum atomic E-state index is 0.0108. The fourth-order valence-electron chi connectivity index (χ4n) is 2.68. The Kier molecular flexibility index (Phi) is 6.28. The lowest BCUT2D eigenvalue weighted by atomic mass is 10.1. The first-order chi connectivity index (χ1) is 11.0. The fraction of sp³-hybridized carbons (Fsp3) is 0.611. The van der Waals surface area contributed by atoms with Gasteiger partial charge in [0.25, 0.3) is 0 Å². The smallest absolute Gasteiger partial charge is 0.317 e. The highest BCUT2D eigenvalue weighted by Crippen LogP contribution is 2.18. The van der Waals surface area contributed by atoms with Crippen LogP contribution in [0.4, 0.5) is 4.79 Å². The topological polar surface area (TPSA) is 44.8 Å². The number of urea groups is 1. The number of likely N-dealkylation sites (tertiary alicyclic amines) is 1. The van der Waals surface area contributed by atoms with Gasteiger partial charge in [-0.2, -0.15) is 0 Å². The lowest BCUT2D eigenvalue weighted by Gasteiger charge is -2.39. The maximum Gasteiger partial charge on any atom is 0.317 e. The van der Waals surface area contributed by atoms with Crippen molar-refractivity contribution in [2.24, 2.45) is 0 Å². The summed E-state index contributed by atoms with van der Waals surface area (Å²) in [6.45, 7) is 6.22. The number of carbonyl (C=O) groups excluding carboxylic acids is 1.